The number of rotatable bonds is 10. The molecule has 0 fully saturated rings. The molecule has 0 atom stereocenters. The van der Waals surface area contributed by atoms with Crippen LogP contribution in [0.4, 0.5) is 4.39 Å². The molecule has 0 saturated heterocycles. The first-order chi connectivity index (χ1) is 14.5. The van der Waals surface area contributed by atoms with Crippen LogP contribution >= 0.6 is 11.8 Å². The smallest absolute Gasteiger partial charge is 0.192 e. The number of halogens is 1. The molecule has 0 spiro atoms. The van der Waals surface area contributed by atoms with E-state index in [-0.39, 0.29) is 23.7 Å². The van der Waals surface area contributed by atoms with Crippen LogP contribution in [0.5, 0.6) is 11.5 Å². The van der Waals surface area contributed by atoms with Gasteiger partial charge in [0.2, 0.25) is 0 Å². The second-order valence-electron chi connectivity index (χ2n) is 6.46. The number of carbonyl (C=O) groups is 1. The fraction of sp³-hybridized carbons (Fsp3) is 0.227. The summed E-state index contributed by atoms with van der Waals surface area (Å²) < 4.78 is 26.4. The number of thioether (sulfide) groups is 1. The van der Waals surface area contributed by atoms with E-state index < -0.39 is 5.82 Å². The largest absolute Gasteiger partial charge is 0.496 e. The van der Waals surface area contributed by atoms with Crippen LogP contribution in [0.1, 0.15) is 21.7 Å². The number of methoxy groups -OCH3 is 1. The molecule has 0 saturated carbocycles. The number of Topliss-reactive ketones (excluding diaryl/α,β-unsaturated/α-hetero) is 1. The maximum atomic E-state index is 13.6. The van der Waals surface area contributed by atoms with Gasteiger partial charge in [-0.3, -0.25) is 9.36 Å². The molecule has 8 heteroatoms. The predicted molar refractivity (Wildman–Crippen MR) is 114 cm³/mol. The van der Waals surface area contributed by atoms with Crippen molar-refractivity contribution in [1.82, 2.24) is 14.8 Å². The lowest BCUT2D eigenvalue weighted by molar-refractivity contribution is 0.101. The zero-order valence-electron chi connectivity index (χ0n) is 16.8. The second-order valence-corrected chi connectivity index (χ2v) is 7.40. The second kappa shape index (κ2) is 10.1. The maximum absolute atomic E-state index is 13.6. The molecular weight excluding hydrogens is 405 g/mol. The quantitative estimate of drug-likeness (QED) is 0.270. The van der Waals surface area contributed by atoms with E-state index in [9.17, 15) is 9.18 Å². The number of carbonyl (C=O) groups excluding carboxylic acids is 1. The maximum Gasteiger partial charge on any atom is 0.192 e. The summed E-state index contributed by atoms with van der Waals surface area (Å²) in [6.45, 7) is 6.47. The Bertz CT molecular complexity index is 1050. The molecular formula is C22H22FN3O3S. The molecule has 0 radical (unpaired) electrons. The number of aryl methyl sites for hydroxylation is 1. The highest BCUT2D eigenvalue weighted by Crippen LogP contribution is 2.24. The molecule has 1 aromatic heterocycles. The minimum atomic E-state index is -0.491. The molecule has 0 aliphatic carbocycles. The molecule has 0 amide bonds. The normalized spacial score (nSPS) is 10.6. The summed E-state index contributed by atoms with van der Waals surface area (Å²) in [5.41, 5.74) is 1.30. The molecule has 0 bridgehead atoms. The zero-order valence-corrected chi connectivity index (χ0v) is 17.6. The van der Waals surface area contributed by atoms with E-state index in [4.69, 9.17) is 9.47 Å². The van der Waals surface area contributed by atoms with Crippen molar-refractivity contribution >= 4 is 17.5 Å². The van der Waals surface area contributed by atoms with Crippen LogP contribution in [0.3, 0.4) is 0 Å². The summed E-state index contributed by atoms with van der Waals surface area (Å²) in [6.07, 6.45) is 1.72. The third-order valence-corrected chi connectivity index (χ3v) is 5.22. The molecule has 30 heavy (non-hydrogen) atoms. The van der Waals surface area contributed by atoms with Crippen molar-refractivity contribution in [2.45, 2.75) is 25.2 Å². The van der Waals surface area contributed by atoms with E-state index in [1.54, 1.807) is 6.08 Å². The van der Waals surface area contributed by atoms with Crippen molar-refractivity contribution in [1.29, 1.82) is 0 Å². The van der Waals surface area contributed by atoms with Crippen LogP contribution in [0.2, 0.25) is 0 Å². The highest BCUT2D eigenvalue weighted by molar-refractivity contribution is 7.99. The molecule has 2 aromatic carbocycles. The van der Waals surface area contributed by atoms with Gasteiger partial charge in [0.1, 0.15) is 23.9 Å². The molecule has 6 nitrogen and oxygen atoms in total. The molecule has 3 aromatic rings. The van der Waals surface area contributed by atoms with Crippen molar-refractivity contribution in [2.75, 3.05) is 12.9 Å². The van der Waals surface area contributed by atoms with Crippen LogP contribution in [0.25, 0.3) is 0 Å². The Kier molecular flexibility index (Phi) is 7.24. The van der Waals surface area contributed by atoms with Gasteiger partial charge in [0.05, 0.1) is 18.4 Å². The monoisotopic (exact) mass is 427 g/mol. The lowest BCUT2D eigenvalue weighted by Crippen LogP contribution is -2.09. The molecule has 0 aliphatic heterocycles. The summed E-state index contributed by atoms with van der Waals surface area (Å²) in [7, 11) is 1.44. The Hall–Kier alpha value is -3.13. The average molecular weight is 428 g/mol. The number of hydrogen-bond donors (Lipinski definition) is 0. The van der Waals surface area contributed by atoms with E-state index in [0.717, 1.165) is 11.3 Å². The van der Waals surface area contributed by atoms with E-state index >= 15 is 0 Å². The zero-order chi connectivity index (χ0) is 21.5. The van der Waals surface area contributed by atoms with Gasteiger partial charge in [0, 0.05) is 6.54 Å². The van der Waals surface area contributed by atoms with Gasteiger partial charge < -0.3 is 9.47 Å². The van der Waals surface area contributed by atoms with Gasteiger partial charge >= 0.3 is 0 Å². The number of ether oxygens (including phenoxy) is 2. The molecule has 0 aliphatic rings. The van der Waals surface area contributed by atoms with Gasteiger partial charge in [-0.1, -0.05) is 30.0 Å². The van der Waals surface area contributed by atoms with Crippen molar-refractivity contribution in [3.63, 3.8) is 0 Å². The van der Waals surface area contributed by atoms with Crippen LogP contribution in [0.15, 0.2) is 60.3 Å². The van der Waals surface area contributed by atoms with Crippen LogP contribution in [-0.2, 0) is 13.2 Å². The van der Waals surface area contributed by atoms with E-state index in [1.165, 1.54) is 37.1 Å². The van der Waals surface area contributed by atoms with Crippen molar-refractivity contribution < 1.29 is 18.7 Å². The van der Waals surface area contributed by atoms with Crippen molar-refractivity contribution in [3.05, 3.63) is 77.9 Å². The summed E-state index contributed by atoms with van der Waals surface area (Å²) >= 11 is 1.22. The van der Waals surface area contributed by atoms with Crippen LogP contribution < -0.4 is 9.47 Å². The molecule has 3 rings (SSSR count). The molecule has 0 N–H and O–H groups in total. The fourth-order valence-corrected chi connectivity index (χ4v) is 3.65. The number of nitrogens with zero attached hydrogens (tertiary/aromatic N) is 3. The number of benzene rings is 2. The summed E-state index contributed by atoms with van der Waals surface area (Å²) in [5.74, 6) is 1.01. The van der Waals surface area contributed by atoms with E-state index in [2.05, 4.69) is 16.8 Å². The Balaban J connectivity index is 1.71. The van der Waals surface area contributed by atoms with Crippen molar-refractivity contribution in [3.8, 4) is 11.5 Å². The molecule has 0 unspecified atom stereocenters. The SMILES string of the molecule is C=CCn1c(COc2cccc(C)c2)nnc1SCC(=O)c1cc(F)ccc1OC. The Morgan fingerprint density at radius 2 is 2.10 bits per heavy atom. The lowest BCUT2D eigenvalue weighted by atomic mass is 10.1. The van der Waals surface area contributed by atoms with E-state index in [0.29, 0.717) is 23.3 Å². The minimum Gasteiger partial charge on any atom is -0.496 e. The summed E-state index contributed by atoms with van der Waals surface area (Å²) in [4.78, 5) is 12.6. The number of hydrogen-bond acceptors (Lipinski definition) is 6. The van der Waals surface area contributed by atoms with Crippen LogP contribution in [-0.4, -0.2) is 33.4 Å². The van der Waals surface area contributed by atoms with Gasteiger partial charge in [0.15, 0.2) is 16.8 Å². The van der Waals surface area contributed by atoms with Gasteiger partial charge in [-0.25, -0.2) is 4.39 Å². The number of ketones is 1. The Morgan fingerprint density at radius 3 is 2.83 bits per heavy atom. The third-order valence-electron chi connectivity index (χ3n) is 4.26. The van der Waals surface area contributed by atoms with Gasteiger partial charge in [-0.15, -0.1) is 16.8 Å². The Morgan fingerprint density at radius 1 is 1.27 bits per heavy atom. The average Bonchev–Trinajstić information content (AvgIpc) is 3.12. The topological polar surface area (TPSA) is 66.2 Å². The highest BCUT2D eigenvalue weighted by Gasteiger charge is 2.17. The van der Waals surface area contributed by atoms with Gasteiger partial charge in [0.25, 0.3) is 0 Å². The number of aromatic nitrogens is 3. The first-order valence-corrected chi connectivity index (χ1v) is 10.2. The third kappa shape index (κ3) is 5.27. The van der Waals surface area contributed by atoms with Crippen LogP contribution in [0, 0.1) is 12.7 Å². The first-order valence-electron chi connectivity index (χ1n) is 9.23. The predicted octanol–water partition coefficient (Wildman–Crippen LogP) is 4.47. The summed E-state index contributed by atoms with van der Waals surface area (Å²) in [5, 5.41) is 8.93. The Labute approximate surface area is 178 Å². The standard InChI is InChI=1S/C22H22FN3O3S/c1-4-10-26-21(13-29-17-7-5-6-15(2)11-17)24-25-22(26)30-14-19(27)18-12-16(23)8-9-20(18)28-3/h4-9,11-12H,1,10,13-14H2,2-3H3. The highest BCUT2D eigenvalue weighted by atomic mass is 32.2. The van der Waals surface area contributed by atoms with Gasteiger partial charge in [-0.05, 0) is 42.8 Å². The number of allylic oxidation sites excluding steroid dienone is 1. The van der Waals surface area contributed by atoms with Crippen molar-refractivity contribution in [2.24, 2.45) is 0 Å². The fourth-order valence-electron chi connectivity index (χ4n) is 2.80. The van der Waals surface area contributed by atoms with Gasteiger partial charge in [-0.2, -0.15) is 0 Å². The molecule has 1 heterocycles. The first kappa shape index (κ1) is 21.6. The van der Waals surface area contributed by atoms with E-state index in [1.807, 2.05) is 35.8 Å². The summed E-state index contributed by atoms with van der Waals surface area (Å²) in [6, 6.07) is 11.6. The minimum absolute atomic E-state index is 0.0633. The lowest BCUT2D eigenvalue weighted by Gasteiger charge is -2.10. The molecule has 156 valence electrons.